The van der Waals surface area contributed by atoms with Crippen LogP contribution in [0.15, 0.2) is 0 Å². The van der Waals surface area contributed by atoms with Crippen LogP contribution in [0, 0.1) is 6.92 Å². The van der Waals surface area contributed by atoms with Crippen LogP contribution in [0.2, 0.25) is 0 Å². The van der Waals surface area contributed by atoms with E-state index in [1.54, 1.807) is 0 Å². The summed E-state index contributed by atoms with van der Waals surface area (Å²) in [7, 11) is -0.777. The van der Waals surface area contributed by atoms with E-state index in [-0.39, 0.29) is 0 Å². The molecule has 3 nitrogen and oxygen atoms in total. The molecule has 1 N–H and O–H groups in total. The predicted octanol–water partition coefficient (Wildman–Crippen LogP) is 0.404. The van der Waals surface area contributed by atoms with Gasteiger partial charge in [0.25, 0.3) is 0 Å². The molecule has 0 saturated heterocycles. The Balaban J connectivity index is 2.56. The molecule has 2 heterocycles. The molecule has 1 aliphatic heterocycles. The van der Waals surface area contributed by atoms with Crippen molar-refractivity contribution in [3.8, 4) is 0 Å². The normalized spacial score (nSPS) is 19.8. The van der Waals surface area contributed by atoms with E-state index in [0.29, 0.717) is 0 Å². The van der Waals surface area contributed by atoms with E-state index in [9.17, 15) is 5.02 Å². The Kier molecular flexibility index (Phi) is 1.58. The van der Waals surface area contributed by atoms with Crippen molar-refractivity contribution in [2.75, 3.05) is 0 Å². The third kappa shape index (κ3) is 1.01. The van der Waals surface area contributed by atoms with Gasteiger partial charge in [0.05, 0.1) is 21.1 Å². The summed E-state index contributed by atoms with van der Waals surface area (Å²) in [4.78, 5) is 4.33. The molecule has 1 aromatic rings. The average molecular weight is 183 g/mol. The number of hydrogen-bond acceptors (Lipinski definition) is 4. The molecule has 64 valence electrons. The monoisotopic (exact) mass is 183 g/mol. The molecule has 2 rings (SSSR count). The second kappa shape index (κ2) is 2.31. The lowest BCUT2D eigenvalue weighted by atomic mass is 9.90. The zero-order valence-corrected chi connectivity index (χ0v) is 8.10. The Morgan fingerprint density at radius 1 is 1.58 bits per heavy atom. The summed E-state index contributed by atoms with van der Waals surface area (Å²) in [6, 6.07) is 0. The summed E-state index contributed by atoms with van der Waals surface area (Å²) in [5.74, 6) is 0. The first-order chi connectivity index (χ1) is 5.50. The zero-order chi connectivity index (χ0) is 8.93. The van der Waals surface area contributed by atoms with Crippen molar-refractivity contribution >= 4 is 23.2 Å². The number of hydrogen-bond donors (Lipinski definition) is 1. The standard InChI is InChI=1S/C7H10BNO2S/c1-4-9-5-6(12-4)8(10)11-7(5,2)3/h10H,1-3H3. The van der Waals surface area contributed by atoms with Crippen LogP contribution in [-0.4, -0.2) is 17.1 Å². The number of aryl methyl sites for hydroxylation is 1. The lowest BCUT2D eigenvalue weighted by Crippen LogP contribution is -2.26. The van der Waals surface area contributed by atoms with Crippen LogP contribution in [0.25, 0.3) is 0 Å². The van der Waals surface area contributed by atoms with E-state index in [2.05, 4.69) is 4.98 Å². The molecule has 12 heavy (non-hydrogen) atoms. The Bertz CT molecular complexity index is 323. The fourth-order valence-electron chi connectivity index (χ4n) is 1.43. The lowest BCUT2D eigenvalue weighted by molar-refractivity contribution is 0.0968. The third-order valence-corrected chi connectivity index (χ3v) is 2.96. The zero-order valence-electron chi connectivity index (χ0n) is 7.29. The largest absolute Gasteiger partial charge is 0.504 e. The molecule has 0 fully saturated rings. The molecule has 1 aliphatic rings. The predicted molar refractivity (Wildman–Crippen MR) is 48.6 cm³/mol. The maximum atomic E-state index is 9.48. The molecule has 0 radical (unpaired) electrons. The molecule has 0 atom stereocenters. The SMILES string of the molecule is Cc1nc2c(s1)B(O)OC2(C)C. The smallest absolute Gasteiger partial charge is 0.422 e. The van der Waals surface area contributed by atoms with Crippen molar-refractivity contribution in [1.82, 2.24) is 4.98 Å². The van der Waals surface area contributed by atoms with E-state index >= 15 is 0 Å². The maximum absolute atomic E-state index is 9.48. The van der Waals surface area contributed by atoms with Gasteiger partial charge < -0.3 is 9.68 Å². The van der Waals surface area contributed by atoms with Gasteiger partial charge in [0.1, 0.15) is 0 Å². The quantitative estimate of drug-likeness (QED) is 0.592. The van der Waals surface area contributed by atoms with Crippen molar-refractivity contribution in [3.05, 3.63) is 10.7 Å². The maximum Gasteiger partial charge on any atom is 0.504 e. The molecule has 0 aliphatic carbocycles. The highest BCUT2D eigenvalue weighted by Crippen LogP contribution is 2.30. The van der Waals surface area contributed by atoms with Crippen LogP contribution in [0.4, 0.5) is 0 Å². The molecule has 0 aromatic carbocycles. The van der Waals surface area contributed by atoms with Gasteiger partial charge in [-0.2, -0.15) is 0 Å². The number of rotatable bonds is 0. The highest BCUT2D eigenvalue weighted by molar-refractivity contribution is 7.22. The van der Waals surface area contributed by atoms with Gasteiger partial charge in [0, 0.05) is 0 Å². The molecule has 0 amide bonds. The minimum absolute atomic E-state index is 0.431. The Morgan fingerprint density at radius 2 is 2.25 bits per heavy atom. The summed E-state index contributed by atoms with van der Waals surface area (Å²) < 4.78 is 6.18. The first-order valence-electron chi connectivity index (χ1n) is 3.84. The van der Waals surface area contributed by atoms with Crippen LogP contribution in [0.1, 0.15) is 24.5 Å². The topological polar surface area (TPSA) is 42.4 Å². The van der Waals surface area contributed by atoms with E-state index < -0.39 is 12.7 Å². The highest BCUT2D eigenvalue weighted by Gasteiger charge is 2.43. The van der Waals surface area contributed by atoms with Crippen molar-refractivity contribution < 1.29 is 9.68 Å². The third-order valence-electron chi connectivity index (χ3n) is 1.96. The molecular formula is C7H10BNO2S. The van der Waals surface area contributed by atoms with E-state index in [4.69, 9.17) is 4.65 Å². The molecule has 5 heteroatoms. The van der Waals surface area contributed by atoms with Crippen LogP contribution in [0.5, 0.6) is 0 Å². The van der Waals surface area contributed by atoms with Gasteiger partial charge in [-0.3, -0.25) is 0 Å². The number of nitrogens with zero attached hydrogens (tertiary/aromatic N) is 1. The van der Waals surface area contributed by atoms with E-state index in [0.717, 1.165) is 15.5 Å². The first kappa shape index (κ1) is 8.22. The van der Waals surface area contributed by atoms with Gasteiger partial charge >= 0.3 is 7.12 Å². The summed E-state index contributed by atoms with van der Waals surface area (Å²) >= 11 is 1.50. The van der Waals surface area contributed by atoms with Crippen LogP contribution >= 0.6 is 11.3 Å². The van der Waals surface area contributed by atoms with Gasteiger partial charge in [0.15, 0.2) is 0 Å². The highest BCUT2D eigenvalue weighted by atomic mass is 32.1. The van der Waals surface area contributed by atoms with Crippen molar-refractivity contribution in [2.24, 2.45) is 0 Å². The average Bonchev–Trinajstić information content (AvgIpc) is 2.37. The number of thiazole rings is 1. The van der Waals surface area contributed by atoms with Gasteiger partial charge in [-0.1, -0.05) is 0 Å². The summed E-state index contributed by atoms with van der Waals surface area (Å²) in [6.07, 6.45) is 0. The van der Waals surface area contributed by atoms with Crippen molar-refractivity contribution in [2.45, 2.75) is 26.4 Å². The van der Waals surface area contributed by atoms with Crippen LogP contribution < -0.4 is 4.78 Å². The molecular weight excluding hydrogens is 173 g/mol. The Hall–Kier alpha value is -0.385. The minimum Gasteiger partial charge on any atom is -0.422 e. The van der Waals surface area contributed by atoms with Crippen molar-refractivity contribution in [1.29, 1.82) is 0 Å². The lowest BCUT2D eigenvalue weighted by Gasteiger charge is -2.17. The first-order valence-corrected chi connectivity index (χ1v) is 4.66. The number of fused-ring (bicyclic) bond motifs is 1. The molecule has 0 saturated carbocycles. The molecule has 0 spiro atoms. The van der Waals surface area contributed by atoms with Gasteiger partial charge in [0.2, 0.25) is 0 Å². The summed E-state index contributed by atoms with van der Waals surface area (Å²) in [6.45, 7) is 5.77. The number of aromatic nitrogens is 1. The Morgan fingerprint density at radius 3 is 2.83 bits per heavy atom. The van der Waals surface area contributed by atoms with Gasteiger partial charge in [-0.15, -0.1) is 11.3 Å². The minimum atomic E-state index is -0.777. The van der Waals surface area contributed by atoms with Crippen molar-refractivity contribution in [3.63, 3.8) is 0 Å². The molecule has 0 bridgehead atoms. The molecule has 0 unspecified atom stereocenters. The van der Waals surface area contributed by atoms with Gasteiger partial charge in [-0.05, 0) is 20.8 Å². The molecule has 1 aromatic heterocycles. The second-order valence-corrected chi connectivity index (χ2v) is 4.66. The second-order valence-electron chi connectivity index (χ2n) is 3.43. The van der Waals surface area contributed by atoms with E-state index in [1.165, 1.54) is 11.3 Å². The fourth-order valence-corrected chi connectivity index (χ4v) is 2.42. The Labute approximate surface area is 75.5 Å². The van der Waals surface area contributed by atoms with Crippen LogP contribution in [0.3, 0.4) is 0 Å². The fraction of sp³-hybridized carbons (Fsp3) is 0.571. The summed E-state index contributed by atoms with van der Waals surface area (Å²) in [5, 5.41) is 10.5. The van der Waals surface area contributed by atoms with Gasteiger partial charge in [-0.25, -0.2) is 4.98 Å². The van der Waals surface area contributed by atoms with Crippen LogP contribution in [-0.2, 0) is 10.3 Å². The summed E-state index contributed by atoms with van der Waals surface area (Å²) in [5.41, 5.74) is 0.456. The van der Waals surface area contributed by atoms with E-state index in [1.807, 2.05) is 20.8 Å².